The van der Waals surface area contributed by atoms with E-state index in [-0.39, 0.29) is 11.7 Å². The molecule has 98 valence electrons. The molecule has 0 N–H and O–H groups in total. The van der Waals surface area contributed by atoms with E-state index in [4.69, 9.17) is 9.78 Å². The van der Waals surface area contributed by atoms with E-state index in [2.05, 4.69) is 15.1 Å². The summed E-state index contributed by atoms with van der Waals surface area (Å²) in [6.45, 7) is 1.48. The first-order valence-corrected chi connectivity index (χ1v) is 7.26. The van der Waals surface area contributed by atoms with Gasteiger partial charge in [0.1, 0.15) is 17.0 Å². The van der Waals surface area contributed by atoms with Gasteiger partial charge in [0.25, 0.3) is 5.89 Å². The molecule has 0 aliphatic carbocycles. The fourth-order valence-corrected chi connectivity index (χ4v) is 1.76. The molecule has 0 radical (unpaired) electrons. The maximum atomic E-state index is 11.4. The first-order valence-electron chi connectivity index (χ1n) is 5.31. The Morgan fingerprint density at radius 2 is 2.16 bits per heavy atom. The van der Waals surface area contributed by atoms with Gasteiger partial charge in [0.2, 0.25) is 0 Å². The molecule has 0 saturated heterocycles. The molecule has 0 aliphatic rings. The molecule has 7 nitrogen and oxygen atoms in total. The van der Waals surface area contributed by atoms with Crippen LogP contribution in [0.5, 0.6) is 0 Å². The number of sulfone groups is 1. The van der Waals surface area contributed by atoms with Crippen LogP contribution in [0.2, 0.25) is 0 Å². The van der Waals surface area contributed by atoms with Gasteiger partial charge in [-0.2, -0.15) is 10.2 Å². The summed E-state index contributed by atoms with van der Waals surface area (Å²) in [5.41, 5.74) is 0.798. The van der Waals surface area contributed by atoms with Crippen LogP contribution in [0.15, 0.2) is 22.9 Å². The molecule has 1 unspecified atom stereocenters. The van der Waals surface area contributed by atoms with E-state index in [1.165, 1.54) is 13.1 Å². The molecule has 19 heavy (non-hydrogen) atoms. The Hall–Kier alpha value is -2.27. The molecule has 0 bridgehead atoms. The maximum Gasteiger partial charge on any atom is 0.276 e. The average molecular weight is 278 g/mol. The van der Waals surface area contributed by atoms with Crippen molar-refractivity contribution >= 4 is 9.84 Å². The van der Waals surface area contributed by atoms with Crippen molar-refractivity contribution in [3.05, 3.63) is 29.7 Å². The molecular weight excluding hydrogens is 268 g/mol. The van der Waals surface area contributed by atoms with Crippen molar-refractivity contribution in [2.24, 2.45) is 0 Å². The Labute approximate surface area is 109 Å². The Morgan fingerprint density at radius 1 is 1.42 bits per heavy atom. The Kier molecular flexibility index (Phi) is 3.31. The highest BCUT2D eigenvalue weighted by molar-refractivity contribution is 7.90. The van der Waals surface area contributed by atoms with Crippen LogP contribution < -0.4 is 0 Å². The van der Waals surface area contributed by atoms with Crippen molar-refractivity contribution < 1.29 is 12.9 Å². The van der Waals surface area contributed by atoms with Crippen LogP contribution in [0, 0.1) is 11.3 Å². The normalized spacial score (nSPS) is 12.9. The number of pyridine rings is 1. The van der Waals surface area contributed by atoms with Gasteiger partial charge < -0.3 is 4.52 Å². The van der Waals surface area contributed by atoms with E-state index in [1.807, 2.05) is 6.07 Å². The van der Waals surface area contributed by atoms with Crippen LogP contribution in [0.4, 0.5) is 0 Å². The molecular formula is C11H10N4O3S. The number of nitriles is 1. The molecule has 1 atom stereocenters. The number of hydrogen-bond donors (Lipinski definition) is 0. The summed E-state index contributed by atoms with van der Waals surface area (Å²) in [6.07, 6.45) is 2.48. The predicted octanol–water partition coefficient (Wildman–Crippen LogP) is 1.11. The lowest BCUT2D eigenvalue weighted by Gasteiger charge is -2.01. The second kappa shape index (κ2) is 4.78. The molecule has 0 spiro atoms. The average Bonchev–Trinajstić information content (AvgIpc) is 2.86. The quantitative estimate of drug-likeness (QED) is 0.826. The summed E-state index contributed by atoms with van der Waals surface area (Å²) in [7, 11) is -3.28. The Bertz CT molecular complexity index is 728. The molecule has 2 heterocycles. The molecule has 2 aromatic heterocycles. The molecule has 0 aromatic carbocycles. The van der Waals surface area contributed by atoms with Gasteiger partial charge in [-0.3, -0.25) is 0 Å². The van der Waals surface area contributed by atoms with Crippen LogP contribution in [0.3, 0.4) is 0 Å². The largest absolute Gasteiger partial charge is 0.332 e. The van der Waals surface area contributed by atoms with E-state index < -0.39 is 15.1 Å². The summed E-state index contributed by atoms with van der Waals surface area (Å²) in [4.78, 5) is 7.99. The first-order chi connectivity index (χ1) is 8.91. The Morgan fingerprint density at radius 3 is 2.68 bits per heavy atom. The number of aromatic nitrogens is 3. The summed E-state index contributed by atoms with van der Waals surface area (Å²) in [5, 5.41) is 11.4. The highest BCUT2D eigenvalue weighted by Crippen LogP contribution is 2.21. The van der Waals surface area contributed by atoms with Crippen LogP contribution in [0.25, 0.3) is 11.6 Å². The van der Waals surface area contributed by atoms with Crippen LogP contribution in [-0.2, 0) is 9.84 Å². The lowest BCUT2D eigenvalue weighted by Crippen LogP contribution is -2.09. The topological polar surface area (TPSA) is 110 Å². The molecule has 8 heteroatoms. The molecule has 0 amide bonds. The van der Waals surface area contributed by atoms with E-state index in [9.17, 15) is 8.42 Å². The zero-order valence-electron chi connectivity index (χ0n) is 10.2. The van der Waals surface area contributed by atoms with Crippen LogP contribution in [-0.4, -0.2) is 29.8 Å². The minimum absolute atomic E-state index is 0.0867. The van der Waals surface area contributed by atoms with E-state index >= 15 is 0 Å². The zero-order valence-corrected chi connectivity index (χ0v) is 11.0. The zero-order chi connectivity index (χ0) is 14.0. The van der Waals surface area contributed by atoms with Gasteiger partial charge >= 0.3 is 0 Å². The first kappa shape index (κ1) is 13.2. The SMILES string of the molecule is CC(c1noc(-c2ccc(C#N)cn2)n1)S(C)(=O)=O. The lowest BCUT2D eigenvalue weighted by atomic mass is 10.3. The molecule has 0 aliphatic heterocycles. The minimum atomic E-state index is -3.28. The van der Waals surface area contributed by atoms with Crippen molar-refractivity contribution in [1.29, 1.82) is 5.26 Å². The third-order valence-electron chi connectivity index (χ3n) is 2.56. The van der Waals surface area contributed by atoms with Gasteiger partial charge in [-0.1, -0.05) is 5.16 Å². The fourth-order valence-electron chi connectivity index (χ4n) is 1.28. The Balaban J connectivity index is 2.33. The second-order valence-electron chi connectivity index (χ2n) is 3.97. The highest BCUT2D eigenvalue weighted by atomic mass is 32.2. The third kappa shape index (κ3) is 2.77. The lowest BCUT2D eigenvalue weighted by molar-refractivity contribution is 0.420. The second-order valence-corrected chi connectivity index (χ2v) is 6.34. The number of nitrogens with zero attached hydrogens (tertiary/aromatic N) is 4. The third-order valence-corrected chi connectivity index (χ3v) is 4.05. The molecule has 0 fully saturated rings. The molecule has 0 saturated carbocycles. The van der Waals surface area contributed by atoms with Crippen LogP contribution >= 0.6 is 0 Å². The smallest absolute Gasteiger partial charge is 0.276 e. The van der Waals surface area contributed by atoms with E-state index in [0.717, 1.165) is 6.26 Å². The van der Waals surface area contributed by atoms with Gasteiger partial charge in [0, 0.05) is 12.5 Å². The number of rotatable bonds is 3. The standard InChI is InChI=1S/C11H10N4O3S/c1-7(19(2,16)17)10-14-11(18-15-10)9-4-3-8(5-12)6-13-9/h3-4,6-7H,1-2H3. The van der Waals surface area contributed by atoms with Crippen molar-refractivity contribution in [1.82, 2.24) is 15.1 Å². The van der Waals surface area contributed by atoms with Crippen molar-refractivity contribution in [2.75, 3.05) is 6.26 Å². The summed E-state index contributed by atoms with van der Waals surface area (Å²) < 4.78 is 27.7. The highest BCUT2D eigenvalue weighted by Gasteiger charge is 2.23. The minimum Gasteiger partial charge on any atom is -0.332 e. The fraction of sp³-hybridized carbons (Fsp3) is 0.273. The summed E-state index contributed by atoms with van der Waals surface area (Å²) in [6, 6.07) is 5.06. The van der Waals surface area contributed by atoms with Crippen molar-refractivity contribution in [3.63, 3.8) is 0 Å². The summed E-state index contributed by atoms with van der Waals surface area (Å²) >= 11 is 0. The van der Waals surface area contributed by atoms with Gasteiger partial charge in [-0.05, 0) is 19.1 Å². The van der Waals surface area contributed by atoms with Gasteiger partial charge in [0.15, 0.2) is 15.7 Å². The predicted molar refractivity (Wildman–Crippen MR) is 65.5 cm³/mol. The molecule has 2 rings (SSSR count). The number of hydrogen-bond acceptors (Lipinski definition) is 7. The maximum absolute atomic E-state index is 11.4. The molecule has 2 aromatic rings. The van der Waals surface area contributed by atoms with Crippen molar-refractivity contribution in [2.45, 2.75) is 12.2 Å². The van der Waals surface area contributed by atoms with Gasteiger partial charge in [0.05, 0.1) is 5.56 Å². The van der Waals surface area contributed by atoms with E-state index in [1.54, 1.807) is 12.1 Å². The van der Waals surface area contributed by atoms with Crippen LogP contribution in [0.1, 0.15) is 23.6 Å². The van der Waals surface area contributed by atoms with E-state index in [0.29, 0.717) is 11.3 Å². The van der Waals surface area contributed by atoms with Crippen molar-refractivity contribution in [3.8, 4) is 17.7 Å². The van der Waals surface area contributed by atoms with Gasteiger partial charge in [-0.15, -0.1) is 0 Å². The summed E-state index contributed by atoms with van der Waals surface area (Å²) in [5.74, 6) is 0.207. The monoisotopic (exact) mass is 278 g/mol. The van der Waals surface area contributed by atoms with Gasteiger partial charge in [-0.25, -0.2) is 13.4 Å².